The van der Waals surface area contributed by atoms with E-state index in [4.69, 9.17) is 0 Å². The van der Waals surface area contributed by atoms with E-state index in [1.807, 2.05) is 0 Å². The Labute approximate surface area is 125 Å². The number of hydrogen-bond donors (Lipinski definition) is 0. The van der Waals surface area contributed by atoms with Crippen LogP contribution in [0.1, 0.15) is 12.6 Å². The van der Waals surface area contributed by atoms with Crippen molar-refractivity contribution in [3.8, 4) is 5.69 Å². The molecule has 0 bridgehead atoms. The van der Waals surface area contributed by atoms with Gasteiger partial charge >= 0.3 is 6.18 Å². The van der Waals surface area contributed by atoms with Crippen molar-refractivity contribution in [1.82, 2.24) is 19.7 Å². The van der Waals surface area contributed by atoms with E-state index in [1.165, 1.54) is 25.1 Å². The van der Waals surface area contributed by atoms with Crippen molar-refractivity contribution >= 4 is 27.5 Å². The van der Waals surface area contributed by atoms with Gasteiger partial charge in [0, 0.05) is 14.0 Å². The Morgan fingerprint density at radius 2 is 2.10 bits per heavy atom. The van der Waals surface area contributed by atoms with Crippen LogP contribution in [0.3, 0.4) is 0 Å². The number of amides is 1. The van der Waals surface area contributed by atoms with Crippen molar-refractivity contribution in [3.63, 3.8) is 0 Å². The quantitative estimate of drug-likeness (QED) is 0.821. The maximum Gasteiger partial charge on any atom is 0.435 e. The number of carbonyl (C=O) groups is 1. The van der Waals surface area contributed by atoms with Gasteiger partial charge < -0.3 is 4.90 Å². The summed E-state index contributed by atoms with van der Waals surface area (Å²) in [5.74, 6) is -0.282. The van der Waals surface area contributed by atoms with Crippen LogP contribution in [0.5, 0.6) is 0 Å². The van der Waals surface area contributed by atoms with Gasteiger partial charge in [0.25, 0.3) is 0 Å². The summed E-state index contributed by atoms with van der Waals surface area (Å²) in [5, 5.41) is 3.92. The molecule has 21 heavy (non-hydrogen) atoms. The highest BCUT2D eigenvalue weighted by Gasteiger charge is 2.36. The summed E-state index contributed by atoms with van der Waals surface area (Å²) in [7, 11) is 1.49. The average Bonchev–Trinajstić information content (AvgIpc) is 2.78. The molecular weight excluding hydrogens is 355 g/mol. The van der Waals surface area contributed by atoms with Gasteiger partial charge in [-0.15, -0.1) is 0 Å². The van der Waals surface area contributed by atoms with Crippen molar-refractivity contribution in [2.24, 2.45) is 0 Å². The van der Waals surface area contributed by atoms with E-state index in [1.54, 1.807) is 0 Å². The summed E-state index contributed by atoms with van der Waals surface area (Å²) in [6.07, 6.45) is -1.52. The Hall–Kier alpha value is -1.97. The normalized spacial score (nSPS) is 11.5. The first-order chi connectivity index (χ1) is 9.71. The minimum absolute atomic E-state index is 0.233. The molecule has 112 valence electrons. The zero-order valence-electron chi connectivity index (χ0n) is 10.9. The van der Waals surface area contributed by atoms with Crippen LogP contribution in [0.15, 0.2) is 23.3 Å². The summed E-state index contributed by atoms with van der Waals surface area (Å²) < 4.78 is 40.0. The van der Waals surface area contributed by atoms with E-state index in [9.17, 15) is 18.0 Å². The number of hydrogen-bond acceptors (Lipinski definition) is 4. The van der Waals surface area contributed by atoms with Crippen LogP contribution in [0.25, 0.3) is 5.69 Å². The highest BCUT2D eigenvalue weighted by molar-refractivity contribution is 9.10. The van der Waals surface area contributed by atoms with Gasteiger partial charge in [-0.1, -0.05) is 0 Å². The van der Waals surface area contributed by atoms with Gasteiger partial charge in [-0.3, -0.25) is 4.79 Å². The third-order valence-corrected chi connectivity index (χ3v) is 3.26. The highest BCUT2D eigenvalue weighted by Crippen LogP contribution is 2.33. The predicted octanol–water partition coefficient (Wildman–Crippen LogP) is 2.43. The Kier molecular flexibility index (Phi) is 3.99. The SMILES string of the molecule is CC(=O)N(C)c1cn(-c2cncnc2C(F)(F)F)nc1Br. The zero-order valence-corrected chi connectivity index (χ0v) is 12.5. The van der Waals surface area contributed by atoms with Crippen LogP contribution < -0.4 is 4.90 Å². The minimum atomic E-state index is -4.64. The molecule has 0 aliphatic rings. The molecule has 0 radical (unpaired) electrons. The maximum atomic E-state index is 12.9. The molecule has 6 nitrogen and oxygen atoms in total. The van der Waals surface area contributed by atoms with E-state index in [-0.39, 0.29) is 16.2 Å². The molecule has 0 saturated carbocycles. The number of nitrogens with zero attached hydrogens (tertiary/aromatic N) is 5. The Morgan fingerprint density at radius 1 is 1.43 bits per heavy atom. The molecule has 0 saturated heterocycles. The molecular formula is C11H9BrF3N5O. The lowest BCUT2D eigenvalue weighted by molar-refractivity contribution is -0.141. The minimum Gasteiger partial charge on any atom is -0.312 e. The molecule has 0 aliphatic carbocycles. The lowest BCUT2D eigenvalue weighted by Gasteiger charge is -2.12. The van der Waals surface area contributed by atoms with E-state index >= 15 is 0 Å². The van der Waals surface area contributed by atoms with Crippen LogP contribution in [0.2, 0.25) is 0 Å². The van der Waals surface area contributed by atoms with Gasteiger partial charge in [0.1, 0.15) is 12.0 Å². The first kappa shape index (κ1) is 15.4. The maximum absolute atomic E-state index is 12.9. The van der Waals surface area contributed by atoms with E-state index in [0.717, 1.165) is 17.2 Å². The van der Waals surface area contributed by atoms with Crippen molar-refractivity contribution in [2.45, 2.75) is 13.1 Å². The number of aromatic nitrogens is 4. The zero-order chi connectivity index (χ0) is 15.8. The first-order valence-electron chi connectivity index (χ1n) is 5.59. The molecule has 10 heteroatoms. The molecule has 0 spiro atoms. The monoisotopic (exact) mass is 363 g/mol. The number of alkyl halides is 3. The fourth-order valence-corrected chi connectivity index (χ4v) is 2.11. The topological polar surface area (TPSA) is 63.9 Å². The molecule has 2 aromatic rings. The molecule has 0 aliphatic heterocycles. The molecule has 0 unspecified atom stereocenters. The number of anilines is 1. The Balaban J connectivity index is 2.55. The van der Waals surface area contributed by atoms with Crippen molar-refractivity contribution in [2.75, 3.05) is 11.9 Å². The summed E-state index contributed by atoms with van der Waals surface area (Å²) in [6.45, 7) is 1.33. The molecule has 2 aromatic heterocycles. The summed E-state index contributed by atoms with van der Waals surface area (Å²) >= 11 is 3.11. The fourth-order valence-electron chi connectivity index (χ4n) is 1.57. The van der Waals surface area contributed by atoms with E-state index < -0.39 is 11.9 Å². The lowest BCUT2D eigenvalue weighted by Crippen LogP contribution is -2.22. The molecule has 0 fully saturated rings. The third kappa shape index (κ3) is 3.04. The van der Waals surface area contributed by atoms with Crippen molar-refractivity contribution in [1.29, 1.82) is 0 Å². The fraction of sp³-hybridized carbons (Fsp3) is 0.273. The number of halogens is 4. The lowest BCUT2D eigenvalue weighted by atomic mass is 10.3. The molecule has 1 amide bonds. The molecule has 0 aromatic carbocycles. The number of rotatable bonds is 2. The predicted molar refractivity (Wildman–Crippen MR) is 70.9 cm³/mol. The van der Waals surface area contributed by atoms with E-state index in [2.05, 4.69) is 31.0 Å². The third-order valence-electron chi connectivity index (χ3n) is 2.69. The van der Waals surface area contributed by atoms with Crippen molar-refractivity contribution < 1.29 is 18.0 Å². The highest BCUT2D eigenvalue weighted by atomic mass is 79.9. The van der Waals surface area contributed by atoms with Gasteiger partial charge in [0.2, 0.25) is 5.91 Å². The van der Waals surface area contributed by atoms with Crippen LogP contribution in [0, 0.1) is 0 Å². The largest absolute Gasteiger partial charge is 0.435 e. The van der Waals surface area contributed by atoms with Gasteiger partial charge in [-0.2, -0.15) is 18.3 Å². The smallest absolute Gasteiger partial charge is 0.312 e. The standard InChI is InChI=1S/C11H9BrF3N5O/c1-6(21)19(2)8-4-20(18-10(8)12)7-3-16-5-17-9(7)11(13,14)15/h3-5H,1-2H3. The van der Waals surface area contributed by atoms with Gasteiger partial charge in [0.15, 0.2) is 10.3 Å². The summed E-state index contributed by atoms with van der Waals surface area (Å²) in [6, 6.07) is 0. The average molecular weight is 364 g/mol. The Bertz CT molecular complexity index is 685. The molecule has 0 N–H and O–H groups in total. The second kappa shape index (κ2) is 5.43. The van der Waals surface area contributed by atoms with Crippen molar-refractivity contribution in [3.05, 3.63) is 29.0 Å². The van der Waals surface area contributed by atoms with Crippen LogP contribution >= 0.6 is 15.9 Å². The summed E-state index contributed by atoms with van der Waals surface area (Å²) in [5.41, 5.74) is -1.10. The number of carbonyl (C=O) groups excluding carboxylic acids is 1. The van der Waals surface area contributed by atoms with E-state index in [0.29, 0.717) is 5.69 Å². The van der Waals surface area contributed by atoms with Gasteiger partial charge in [-0.05, 0) is 15.9 Å². The Morgan fingerprint density at radius 3 is 2.67 bits per heavy atom. The summed E-state index contributed by atoms with van der Waals surface area (Å²) in [4.78, 5) is 19.4. The second-order valence-corrected chi connectivity index (χ2v) is 4.83. The van der Waals surface area contributed by atoms with Crippen LogP contribution in [-0.4, -0.2) is 32.7 Å². The van der Waals surface area contributed by atoms with Gasteiger partial charge in [-0.25, -0.2) is 14.6 Å². The first-order valence-corrected chi connectivity index (χ1v) is 6.38. The van der Waals surface area contributed by atoms with Gasteiger partial charge in [0.05, 0.1) is 18.1 Å². The van der Waals surface area contributed by atoms with Crippen LogP contribution in [-0.2, 0) is 11.0 Å². The second-order valence-electron chi connectivity index (χ2n) is 4.08. The molecule has 2 rings (SSSR count). The molecule has 2 heterocycles. The van der Waals surface area contributed by atoms with Crippen LogP contribution in [0.4, 0.5) is 18.9 Å². The molecule has 0 atom stereocenters.